The van der Waals surface area contributed by atoms with Gasteiger partial charge < -0.3 is 4.90 Å². The van der Waals surface area contributed by atoms with Crippen molar-refractivity contribution in [2.75, 3.05) is 19.6 Å². The molecule has 0 spiro atoms. The maximum atomic E-state index is 4.73. The van der Waals surface area contributed by atoms with Crippen LogP contribution in [-0.2, 0) is 13.0 Å². The first-order chi connectivity index (χ1) is 8.74. The number of likely N-dealkylation sites (tertiary alicyclic amines) is 1. The van der Waals surface area contributed by atoms with Crippen LogP contribution in [-0.4, -0.2) is 34.3 Å². The van der Waals surface area contributed by atoms with Crippen LogP contribution in [0.1, 0.15) is 42.6 Å². The van der Waals surface area contributed by atoms with Gasteiger partial charge in [0.05, 0.1) is 5.69 Å². The van der Waals surface area contributed by atoms with E-state index in [9.17, 15) is 0 Å². The molecule has 2 heterocycles. The topological polar surface area (TPSA) is 21.1 Å². The van der Waals surface area contributed by atoms with E-state index in [4.69, 9.17) is 5.10 Å². The molecule has 1 aliphatic heterocycles. The van der Waals surface area contributed by atoms with E-state index in [1.54, 1.807) is 0 Å². The molecule has 2 aliphatic rings. The predicted molar refractivity (Wildman–Crippen MR) is 73.8 cm³/mol. The Hall–Kier alpha value is -0.830. The molecule has 0 N–H and O–H groups in total. The average Bonchev–Trinajstić information content (AvgIpc) is 2.93. The smallest absolute Gasteiger partial charge is 0.0628 e. The van der Waals surface area contributed by atoms with Crippen molar-refractivity contribution in [2.24, 2.45) is 5.92 Å². The van der Waals surface area contributed by atoms with Crippen LogP contribution in [0.3, 0.4) is 0 Å². The number of aromatic nitrogens is 2. The summed E-state index contributed by atoms with van der Waals surface area (Å²) >= 11 is 0. The second-order valence-electron chi connectivity index (χ2n) is 6.07. The Morgan fingerprint density at radius 2 is 1.89 bits per heavy atom. The molecule has 0 unspecified atom stereocenters. The Balaban J connectivity index is 1.64. The summed E-state index contributed by atoms with van der Waals surface area (Å²) < 4.78 is 2.26. The summed E-state index contributed by atoms with van der Waals surface area (Å²) in [4.78, 5) is 2.59. The van der Waals surface area contributed by atoms with E-state index in [0.29, 0.717) is 0 Å². The van der Waals surface area contributed by atoms with Gasteiger partial charge in [0.1, 0.15) is 0 Å². The molecule has 18 heavy (non-hydrogen) atoms. The Bertz CT molecular complexity index is 412. The highest BCUT2D eigenvalue weighted by Gasteiger charge is 2.24. The van der Waals surface area contributed by atoms with E-state index < -0.39 is 0 Å². The van der Waals surface area contributed by atoms with Gasteiger partial charge in [-0.3, -0.25) is 4.68 Å². The van der Waals surface area contributed by atoms with Gasteiger partial charge in [-0.05, 0) is 70.5 Å². The van der Waals surface area contributed by atoms with Crippen molar-refractivity contribution in [1.29, 1.82) is 0 Å². The van der Waals surface area contributed by atoms with E-state index in [0.717, 1.165) is 12.5 Å². The molecule has 0 amide bonds. The summed E-state index contributed by atoms with van der Waals surface area (Å²) in [5.41, 5.74) is 4.17. The molecule has 0 aromatic carbocycles. The number of aryl methyl sites for hydroxylation is 1. The third kappa shape index (κ3) is 2.61. The van der Waals surface area contributed by atoms with Gasteiger partial charge >= 0.3 is 0 Å². The van der Waals surface area contributed by atoms with Crippen molar-refractivity contribution < 1.29 is 0 Å². The lowest BCUT2D eigenvalue weighted by Crippen LogP contribution is -2.22. The van der Waals surface area contributed by atoms with Gasteiger partial charge in [0.15, 0.2) is 0 Å². The van der Waals surface area contributed by atoms with E-state index >= 15 is 0 Å². The quantitative estimate of drug-likeness (QED) is 0.797. The molecule has 1 aromatic rings. The SMILES string of the molecule is Cc1nn(CC2CC2)c(C)c1CCN1CCCC1. The highest BCUT2D eigenvalue weighted by atomic mass is 15.3. The van der Waals surface area contributed by atoms with Crippen LogP contribution in [0.2, 0.25) is 0 Å². The van der Waals surface area contributed by atoms with Crippen molar-refractivity contribution in [2.45, 2.75) is 52.5 Å². The number of rotatable bonds is 5. The highest BCUT2D eigenvalue weighted by molar-refractivity contribution is 5.25. The standard InChI is InChI=1S/C15H25N3/c1-12-15(7-10-17-8-3-4-9-17)13(2)18(16-12)11-14-5-6-14/h14H,3-11H2,1-2H3. The molecule has 3 rings (SSSR count). The van der Waals surface area contributed by atoms with E-state index in [-0.39, 0.29) is 0 Å². The molecular formula is C15H25N3. The Morgan fingerprint density at radius 1 is 1.17 bits per heavy atom. The monoisotopic (exact) mass is 247 g/mol. The molecule has 3 nitrogen and oxygen atoms in total. The Kier molecular flexibility index (Phi) is 3.42. The van der Waals surface area contributed by atoms with Crippen molar-refractivity contribution in [3.63, 3.8) is 0 Å². The number of nitrogens with zero attached hydrogens (tertiary/aromatic N) is 3. The fourth-order valence-electron chi connectivity index (χ4n) is 3.09. The molecule has 0 radical (unpaired) electrons. The van der Waals surface area contributed by atoms with E-state index in [1.807, 2.05) is 0 Å². The second kappa shape index (κ2) is 5.04. The number of hydrogen-bond donors (Lipinski definition) is 0. The summed E-state index contributed by atoms with van der Waals surface area (Å²) in [6.45, 7) is 9.40. The highest BCUT2D eigenvalue weighted by Crippen LogP contribution is 2.31. The molecule has 1 saturated carbocycles. The summed E-state index contributed by atoms with van der Waals surface area (Å²) in [6, 6.07) is 0. The average molecular weight is 247 g/mol. The van der Waals surface area contributed by atoms with E-state index in [1.165, 1.54) is 68.7 Å². The maximum Gasteiger partial charge on any atom is 0.0628 e. The fraction of sp³-hybridized carbons (Fsp3) is 0.800. The zero-order chi connectivity index (χ0) is 12.5. The fourth-order valence-corrected chi connectivity index (χ4v) is 3.09. The molecule has 3 heteroatoms. The molecule has 1 aromatic heterocycles. The lowest BCUT2D eigenvalue weighted by Gasteiger charge is -2.14. The van der Waals surface area contributed by atoms with Gasteiger partial charge in [0.2, 0.25) is 0 Å². The maximum absolute atomic E-state index is 4.73. The normalized spacial score (nSPS) is 20.8. The zero-order valence-corrected chi connectivity index (χ0v) is 11.8. The molecule has 0 atom stereocenters. The van der Waals surface area contributed by atoms with Crippen LogP contribution in [0.5, 0.6) is 0 Å². The lowest BCUT2D eigenvalue weighted by molar-refractivity contribution is 0.343. The summed E-state index contributed by atoms with van der Waals surface area (Å²) in [5.74, 6) is 0.912. The van der Waals surface area contributed by atoms with E-state index in [2.05, 4.69) is 23.4 Å². The van der Waals surface area contributed by atoms with Gasteiger partial charge in [-0.1, -0.05) is 0 Å². The second-order valence-corrected chi connectivity index (χ2v) is 6.07. The molecule has 0 bridgehead atoms. The summed E-state index contributed by atoms with van der Waals surface area (Å²) in [6.07, 6.45) is 6.77. The summed E-state index contributed by atoms with van der Waals surface area (Å²) in [7, 11) is 0. The Morgan fingerprint density at radius 3 is 2.56 bits per heavy atom. The van der Waals surface area contributed by atoms with Crippen molar-refractivity contribution >= 4 is 0 Å². The van der Waals surface area contributed by atoms with Gasteiger partial charge in [-0.15, -0.1) is 0 Å². The van der Waals surface area contributed by atoms with Crippen LogP contribution in [0.15, 0.2) is 0 Å². The first-order valence-electron chi connectivity index (χ1n) is 7.49. The predicted octanol–water partition coefficient (Wildman–Crippen LogP) is 2.55. The molecule has 100 valence electrons. The largest absolute Gasteiger partial charge is 0.303 e. The minimum absolute atomic E-state index is 0.912. The van der Waals surface area contributed by atoms with Gasteiger partial charge in [0, 0.05) is 18.8 Å². The van der Waals surface area contributed by atoms with Crippen LogP contribution in [0.25, 0.3) is 0 Å². The van der Waals surface area contributed by atoms with Crippen LogP contribution >= 0.6 is 0 Å². The van der Waals surface area contributed by atoms with Gasteiger partial charge in [-0.2, -0.15) is 5.10 Å². The number of hydrogen-bond acceptors (Lipinski definition) is 2. The van der Waals surface area contributed by atoms with Gasteiger partial charge in [-0.25, -0.2) is 0 Å². The van der Waals surface area contributed by atoms with Crippen LogP contribution in [0, 0.1) is 19.8 Å². The molecule has 2 fully saturated rings. The molecule has 1 aliphatic carbocycles. The molecular weight excluding hydrogens is 222 g/mol. The van der Waals surface area contributed by atoms with Crippen molar-refractivity contribution in [3.8, 4) is 0 Å². The Labute approximate surface area is 110 Å². The van der Waals surface area contributed by atoms with Crippen molar-refractivity contribution in [3.05, 3.63) is 17.0 Å². The first kappa shape index (κ1) is 12.2. The first-order valence-corrected chi connectivity index (χ1v) is 7.49. The third-order valence-electron chi connectivity index (χ3n) is 4.54. The van der Waals surface area contributed by atoms with Crippen LogP contribution < -0.4 is 0 Å². The third-order valence-corrected chi connectivity index (χ3v) is 4.54. The minimum Gasteiger partial charge on any atom is -0.303 e. The van der Waals surface area contributed by atoms with Crippen molar-refractivity contribution in [1.82, 2.24) is 14.7 Å². The molecule has 1 saturated heterocycles. The van der Waals surface area contributed by atoms with Gasteiger partial charge in [0.25, 0.3) is 0 Å². The summed E-state index contributed by atoms with van der Waals surface area (Å²) in [5, 5.41) is 4.73. The lowest BCUT2D eigenvalue weighted by atomic mass is 10.1. The van der Waals surface area contributed by atoms with Crippen LogP contribution in [0.4, 0.5) is 0 Å². The zero-order valence-electron chi connectivity index (χ0n) is 11.8. The minimum atomic E-state index is 0.912.